The lowest BCUT2D eigenvalue weighted by atomic mass is 10.2. The van der Waals surface area contributed by atoms with E-state index in [-0.39, 0.29) is 6.03 Å². The summed E-state index contributed by atoms with van der Waals surface area (Å²) in [4.78, 5) is 20.3. The number of urea groups is 1. The predicted molar refractivity (Wildman–Crippen MR) is 83.5 cm³/mol. The highest BCUT2D eigenvalue weighted by Crippen LogP contribution is 2.15. The molecule has 0 saturated carbocycles. The number of nitrogens with zero attached hydrogens (tertiary/aromatic N) is 3. The van der Waals surface area contributed by atoms with Crippen molar-refractivity contribution in [3.05, 3.63) is 54.9 Å². The second-order valence-corrected chi connectivity index (χ2v) is 4.98. The summed E-state index contributed by atoms with van der Waals surface area (Å²) in [5, 5.41) is 2.92. The third kappa shape index (κ3) is 3.31. The monoisotopic (exact) mass is 282 g/mol. The molecule has 0 unspecified atom stereocenters. The number of carbonyl (C=O) groups is 1. The molecule has 5 nitrogen and oxygen atoms in total. The average Bonchev–Trinajstić information content (AvgIpc) is 2.57. The molecule has 108 valence electrons. The van der Waals surface area contributed by atoms with Crippen LogP contribution in [0, 0.1) is 0 Å². The second kappa shape index (κ2) is 6.26. The molecular formula is C16H18N4O. The topological polar surface area (TPSA) is 48.5 Å². The van der Waals surface area contributed by atoms with Crippen molar-refractivity contribution in [3.63, 3.8) is 0 Å². The number of hydrogen-bond donors (Lipinski definition) is 1. The Bertz CT molecular complexity index is 580. The van der Waals surface area contributed by atoms with Gasteiger partial charge in [0.1, 0.15) is 0 Å². The van der Waals surface area contributed by atoms with Gasteiger partial charge in [-0.15, -0.1) is 0 Å². The number of rotatable bonds is 2. The van der Waals surface area contributed by atoms with Crippen molar-refractivity contribution in [1.82, 2.24) is 9.88 Å². The number of amides is 2. The molecule has 0 bridgehead atoms. The van der Waals surface area contributed by atoms with Crippen molar-refractivity contribution >= 4 is 17.4 Å². The van der Waals surface area contributed by atoms with Crippen LogP contribution in [0.4, 0.5) is 16.2 Å². The highest BCUT2D eigenvalue weighted by Gasteiger charge is 2.21. The van der Waals surface area contributed by atoms with Crippen molar-refractivity contribution in [3.8, 4) is 0 Å². The Morgan fingerprint density at radius 2 is 1.62 bits per heavy atom. The summed E-state index contributed by atoms with van der Waals surface area (Å²) >= 11 is 0. The molecule has 0 atom stereocenters. The molecule has 2 heterocycles. The molecule has 0 radical (unpaired) electrons. The number of benzene rings is 1. The van der Waals surface area contributed by atoms with Gasteiger partial charge in [0.05, 0.1) is 0 Å². The van der Waals surface area contributed by atoms with Gasteiger partial charge in [0.25, 0.3) is 0 Å². The molecule has 0 spiro atoms. The number of carbonyl (C=O) groups excluding carboxylic acids is 1. The Labute approximate surface area is 124 Å². The Balaban J connectivity index is 1.55. The quantitative estimate of drug-likeness (QED) is 0.920. The zero-order valence-electron chi connectivity index (χ0n) is 11.8. The van der Waals surface area contributed by atoms with E-state index in [2.05, 4.69) is 15.2 Å². The van der Waals surface area contributed by atoms with Crippen molar-refractivity contribution in [2.75, 3.05) is 36.4 Å². The van der Waals surface area contributed by atoms with Crippen molar-refractivity contribution in [2.45, 2.75) is 0 Å². The summed E-state index contributed by atoms with van der Waals surface area (Å²) in [6.45, 7) is 3.13. The van der Waals surface area contributed by atoms with Crippen LogP contribution in [0.25, 0.3) is 0 Å². The Morgan fingerprint density at radius 1 is 0.952 bits per heavy atom. The van der Waals surface area contributed by atoms with Gasteiger partial charge in [-0.05, 0) is 24.3 Å². The SMILES string of the molecule is O=C(Nc1ccccc1)N1CCN(c2ccncc2)CC1. The first-order valence-corrected chi connectivity index (χ1v) is 7.09. The fourth-order valence-electron chi connectivity index (χ4n) is 2.45. The van der Waals surface area contributed by atoms with E-state index in [1.165, 1.54) is 0 Å². The van der Waals surface area contributed by atoms with E-state index in [9.17, 15) is 4.79 Å². The summed E-state index contributed by atoms with van der Waals surface area (Å²) in [5.41, 5.74) is 1.99. The number of pyridine rings is 1. The molecule has 1 N–H and O–H groups in total. The molecule has 5 heteroatoms. The lowest BCUT2D eigenvalue weighted by Crippen LogP contribution is -2.50. The molecule has 1 fully saturated rings. The van der Waals surface area contributed by atoms with E-state index < -0.39 is 0 Å². The summed E-state index contributed by atoms with van der Waals surface area (Å²) < 4.78 is 0. The first kappa shape index (κ1) is 13.4. The Morgan fingerprint density at radius 3 is 2.29 bits per heavy atom. The maximum absolute atomic E-state index is 12.2. The molecule has 0 aliphatic carbocycles. The van der Waals surface area contributed by atoms with E-state index in [4.69, 9.17) is 0 Å². The second-order valence-electron chi connectivity index (χ2n) is 4.98. The largest absolute Gasteiger partial charge is 0.368 e. The van der Waals surface area contributed by atoms with Crippen LogP contribution in [0.1, 0.15) is 0 Å². The number of piperazine rings is 1. The van der Waals surface area contributed by atoms with Gasteiger partial charge in [-0.25, -0.2) is 4.79 Å². The molecule has 1 aromatic heterocycles. The van der Waals surface area contributed by atoms with Gasteiger partial charge in [-0.2, -0.15) is 0 Å². The molecule has 21 heavy (non-hydrogen) atoms. The van der Waals surface area contributed by atoms with Gasteiger partial charge in [-0.3, -0.25) is 4.98 Å². The number of nitrogens with one attached hydrogen (secondary N) is 1. The van der Waals surface area contributed by atoms with Gasteiger partial charge in [0.2, 0.25) is 0 Å². The molecule has 1 aromatic carbocycles. The lowest BCUT2D eigenvalue weighted by Gasteiger charge is -2.36. The van der Waals surface area contributed by atoms with Crippen LogP contribution in [-0.2, 0) is 0 Å². The Kier molecular flexibility index (Phi) is 4.00. The van der Waals surface area contributed by atoms with Crippen molar-refractivity contribution in [1.29, 1.82) is 0 Å². The fraction of sp³-hybridized carbons (Fsp3) is 0.250. The maximum Gasteiger partial charge on any atom is 0.321 e. The minimum Gasteiger partial charge on any atom is -0.368 e. The third-order valence-corrected chi connectivity index (χ3v) is 3.62. The van der Waals surface area contributed by atoms with Crippen molar-refractivity contribution < 1.29 is 4.79 Å². The standard InChI is InChI=1S/C16H18N4O/c21-16(18-14-4-2-1-3-5-14)20-12-10-19(11-13-20)15-6-8-17-9-7-15/h1-9H,10-13H2,(H,18,21). The van der Waals surface area contributed by atoms with E-state index in [1.807, 2.05) is 47.4 Å². The molecular weight excluding hydrogens is 264 g/mol. The van der Waals surface area contributed by atoms with Crippen LogP contribution in [0.2, 0.25) is 0 Å². The van der Waals surface area contributed by atoms with Crippen molar-refractivity contribution in [2.24, 2.45) is 0 Å². The van der Waals surface area contributed by atoms with Gasteiger partial charge in [0, 0.05) is 49.9 Å². The lowest BCUT2D eigenvalue weighted by molar-refractivity contribution is 0.208. The van der Waals surface area contributed by atoms with Crippen LogP contribution in [0.3, 0.4) is 0 Å². The number of hydrogen-bond acceptors (Lipinski definition) is 3. The van der Waals surface area contributed by atoms with Gasteiger partial charge >= 0.3 is 6.03 Å². The van der Waals surface area contributed by atoms with Crippen LogP contribution < -0.4 is 10.2 Å². The van der Waals surface area contributed by atoms with Crippen LogP contribution in [0.15, 0.2) is 54.9 Å². The van der Waals surface area contributed by atoms with Crippen LogP contribution in [-0.4, -0.2) is 42.1 Å². The normalized spacial score (nSPS) is 14.9. The van der Waals surface area contributed by atoms with E-state index in [0.29, 0.717) is 0 Å². The number of anilines is 2. The van der Waals surface area contributed by atoms with Crippen LogP contribution in [0.5, 0.6) is 0 Å². The highest BCUT2D eigenvalue weighted by molar-refractivity contribution is 5.89. The van der Waals surface area contributed by atoms with Gasteiger partial charge in [0.15, 0.2) is 0 Å². The number of para-hydroxylation sites is 1. The average molecular weight is 282 g/mol. The van der Waals surface area contributed by atoms with E-state index >= 15 is 0 Å². The van der Waals surface area contributed by atoms with Crippen LogP contribution >= 0.6 is 0 Å². The smallest absolute Gasteiger partial charge is 0.321 e. The van der Waals surface area contributed by atoms with E-state index in [0.717, 1.165) is 37.6 Å². The molecule has 1 aliphatic rings. The third-order valence-electron chi connectivity index (χ3n) is 3.62. The van der Waals surface area contributed by atoms with Gasteiger partial charge < -0.3 is 15.1 Å². The fourth-order valence-corrected chi connectivity index (χ4v) is 2.45. The zero-order valence-corrected chi connectivity index (χ0v) is 11.8. The zero-order chi connectivity index (χ0) is 14.5. The minimum atomic E-state index is -0.0319. The first-order valence-electron chi connectivity index (χ1n) is 7.09. The maximum atomic E-state index is 12.2. The Hall–Kier alpha value is -2.56. The summed E-state index contributed by atoms with van der Waals surface area (Å²) in [5.74, 6) is 0. The summed E-state index contributed by atoms with van der Waals surface area (Å²) in [7, 11) is 0. The molecule has 1 aliphatic heterocycles. The molecule has 3 rings (SSSR count). The predicted octanol–water partition coefficient (Wildman–Crippen LogP) is 2.44. The molecule has 2 amide bonds. The summed E-state index contributed by atoms with van der Waals surface area (Å²) in [6.07, 6.45) is 3.59. The molecule has 2 aromatic rings. The summed E-state index contributed by atoms with van der Waals surface area (Å²) in [6, 6.07) is 13.5. The van der Waals surface area contributed by atoms with E-state index in [1.54, 1.807) is 12.4 Å². The number of aromatic nitrogens is 1. The highest BCUT2D eigenvalue weighted by atomic mass is 16.2. The minimum absolute atomic E-state index is 0.0319. The first-order chi connectivity index (χ1) is 10.3. The van der Waals surface area contributed by atoms with Gasteiger partial charge in [-0.1, -0.05) is 18.2 Å². The molecule has 1 saturated heterocycles.